The van der Waals surface area contributed by atoms with Crippen molar-refractivity contribution in [3.05, 3.63) is 33.8 Å². The largest absolute Gasteiger partial charge is 0.468 e. The molecule has 0 aliphatic carbocycles. The molecule has 0 fully saturated rings. The number of halogens is 2. The molecule has 0 radical (unpaired) electrons. The highest BCUT2D eigenvalue weighted by Gasteiger charge is 2.18. The second-order valence-electron chi connectivity index (χ2n) is 4.30. The number of carbonyl (C=O) groups is 2. The lowest BCUT2D eigenvalue weighted by Crippen LogP contribution is -2.37. The molecular formula is C14H17Cl2NO3. The highest BCUT2D eigenvalue weighted by Crippen LogP contribution is 2.21. The molecule has 0 aliphatic heterocycles. The van der Waals surface area contributed by atoms with Gasteiger partial charge in [-0.05, 0) is 24.1 Å². The molecule has 0 N–H and O–H groups in total. The Morgan fingerprint density at radius 2 is 2.00 bits per heavy atom. The lowest BCUT2D eigenvalue weighted by atomic mass is 10.1. The molecule has 0 saturated heterocycles. The molecule has 110 valence electrons. The van der Waals surface area contributed by atoms with Crippen LogP contribution >= 0.6 is 23.2 Å². The van der Waals surface area contributed by atoms with Crippen LogP contribution in [0, 0.1) is 0 Å². The molecule has 0 atom stereocenters. The summed E-state index contributed by atoms with van der Waals surface area (Å²) in [5.41, 5.74) is 0.687. The molecule has 1 amide bonds. The first-order valence-corrected chi connectivity index (χ1v) is 7.02. The van der Waals surface area contributed by atoms with Crippen LogP contribution in [0.25, 0.3) is 0 Å². The maximum Gasteiger partial charge on any atom is 0.325 e. The normalized spacial score (nSPS) is 10.2. The zero-order valence-electron chi connectivity index (χ0n) is 11.5. The van der Waals surface area contributed by atoms with E-state index in [2.05, 4.69) is 4.74 Å². The van der Waals surface area contributed by atoms with Crippen LogP contribution in [0.2, 0.25) is 10.0 Å². The molecule has 0 bridgehead atoms. The standard InChI is InChI=1S/C14H17Cl2NO3/c1-3-6-17(9-14(19)20-2)13(18)7-10-4-5-11(15)8-12(10)16/h4-5,8H,3,6-7,9H2,1-2H3. The van der Waals surface area contributed by atoms with Crippen LogP contribution in [0.5, 0.6) is 0 Å². The molecule has 20 heavy (non-hydrogen) atoms. The fourth-order valence-corrected chi connectivity index (χ4v) is 2.20. The zero-order valence-corrected chi connectivity index (χ0v) is 13.0. The topological polar surface area (TPSA) is 46.6 Å². The van der Waals surface area contributed by atoms with Crippen molar-refractivity contribution >= 4 is 35.1 Å². The number of hydrogen-bond donors (Lipinski definition) is 0. The van der Waals surface area contributed by atoms with Crippen molar-refractivity contribution in [3.63, 3.8) is 0 Å². The number of benzene rings is 1. The first kappa shape index (κ1) is 16.8. The summed E-state index contributed by atoms with van der Waals surface area (Å²) < 4.78 is 4.59. The molecule has 0 unspecified atom stereocenters. The summed E-state index contributed by atoms with van der Waals surface area (Å²) in [6.45, 7) is 2.39. The minimum atomic E-state index is -0.436. The summed E-state index contributed by atoms with van der Waals surface area (Å²) in [6.07, 6.45) is 0.893. The Bertz CT molecular complexity index is 491. The summed E-state index contributed by atoms with van der Waals surface area (Å²) in [5, 5.41) is 0.964. The van der Waals surface area contributed by atoms with E-state index in [1.807, 2.05) is 6.92 Å². The van der Waals surface area contributed by atoms with Crippen LogP contribution in [-0.2, 0) is 20.7 Å². The smallest absolute Gasteiger partial charge is 0.325 e. The summed E-state index contributed by atoms with van der Waals surface area (Å²) in [7, 11) is 1.30. The van der Waals surface area contributed by atoms with E-state index in [9.17, 15) is 9.59 Å². The number of hydrogen-bond acceptors (Lipinski definition) is 3. The van der Waals surface area contributed by atoms with Crippen molar-refractivity contribution in [2.75, 3.05) is 20.2 Å². The number of nitrogens with zero attached hydrogens (tertiary/aromatic N) is 1. The summed E-state index contributed by atoms with van der Waals surface area (Å²) in [6, 6.07) is 4.99. The van der Waals surface area contributed by atoms with E-state index in [4.69, 9.17) is 23.2 Å². The molecular weight excluding hydrogens is 301 g/mol. The van der Waals surface area contributed by atoms with E-state index in [0.29, 0.717) is 22.2 Å². The Kier molecular flexibility index (Phi) is 6.82. The van der Waals surface area contributed by atoms with Crippen LogP contribution in [0.15, 0.2) is 18.2 Å². The average Bonchev–Trinajstić information content (AvgIpc) is 2.41. The predicted octanol–water partition coefficient (Wildman–Crippen LogP) is 2.95. The second kappa shape index (κ2) is 8.12. The van der Waals surface area contributed by atoms with Gasteiger partial charge in [-0.1, -0.05) is 36.2 Å². The van der Waals surface area contributed by atoms with Gasteiger partial charge in [-0.25, -0.2) is 0 Å². The van der Waals surface area contributed by atoms with E-state index >= 15 is 0 Å². The molecule has 0 spiro atoms. The average molecular weight is 318 g/mol. The molecule has 0 aromatic heterocycles. The Morgan fingerprint density at radius 1 is 1.30 bits per heavy atom. The molecule has 0 saturated carbocycles. The second-order valence-corrected chi connectivity index (χ2v) is 5.15. The van der Waals surface area contributed by atoms with E-state index < -0.39 is 5.97 Å². The van der Waals surface area contributed by atoms with Gasteiger partial charge in [0.05, 0.1) is 13.5 Å². The third-order valence-electron chi connectivity index (χ3n) is 2.75. The van der Waals surface area contributed by atoms with Crippen LogP contribution in [0.4, 0.5) is 0 Å². The molecule has 1 aromatic carbocycles. The van der Waals surface area contributed by atoms with Gasteiger partial charge in [-0.2, -0.15) is 0 Å². The SMILES string of the molecule is CCCN(CC(=O)OC)C(=O)Cc1ccc(Cl)cc1Cl. The minimum Gasteiger partial charge on any atom is -0.468 e. The van der Waals surface area contributed by atoms with Crippen LogP contribution in [0.1, 0.15) is 18.9 Å². The number of rotatable bonds is 6. The van der Waals surface area contributed by atoms with Crippen LogP contribution in [0.3, 0.4) is 0 Å². The van der Waals surface area contributed by atoms with Gasteiger partial charge in [0, 0.05) is 16.6 Å². The number of carbonyl (C=O) groups excluding carboxylic acids is 2. The number of ether oxygens (including phenoxy) is 1. The molecule has 0 heterocycles. The number of esters is 1. The quantitative estimate of drug-likeness (QED) is 0.758. The predicted molar refractivity (Wildman–Crippen MR) is 79.1 cm³/mol. The molecule has 0 aliphatic rings. The molecule has 4 nitrogen and oxygen atoms in total. The Hall–Kier alpha value is -1.26. The third-order valence-corrected chi connectivity index (χ3v) is 3.34. The van der Waals surface area contributed by atoms with Crippen molar-refractivity contribution in [1.29, 1.82) is 0 Å². The van der Waals surface area contributed by atoms with Crippen molar-refractivity contribution < 1.29 is 14.3 Å². The van der Waals surface area contributed by atoms with Gasteiger partial charge >= 0.3 is 5.97 Å². The fraction of sp³-hybridized carbons (Fsp3) is 0.429. The Morgan fingerprint density at radius 3 is 2.55 bits per heavy atom. The fourth-order valence-electron chi connectivity index (χ4n) is 1.72. The maximum absolute atomic E-state index is 12.2. The van der Waals surface area contributed by atoms with Crippen molar-refractivity contribution in [2.45, 2.75) is 19.8 Å². The highest BCUT2D eigenvalue weighted by molar-refractivity contribution is 6.35. The first-order valence-electron chi connectivity index (χ1n) is 6.26. The van der Waals surface area contributed by atoms with E-state index in [-0.39, 0.29) is 18.9 Å². The van der Waals surface area contributed by atoms with Gasteiger partial charge in [0.1, 0.15) is 6.54 Å². The first-order chi connectivity index (χ1) is 9.47. The van der Waals surface area contributed by atoms with Crippen LogP contribution < -0.4 is 0 Å². The lowest BCUT2D eigenvalue weighted by Gasteiger charge is -2.21. The Balaban J connectivity index is 2.77. The number of methoxy groups -OCH3 is 1. The third kappa shape index (κ3) is 5.02. The van der Waals surface area contributed by atoms with E-state index in [1.165, 1.54) is 12.0 Å². The van der Waals surface area contributed by atoms with E-state index in [0.717, 1.165) is 6.42 Å². The molecule has 1 rings (SSSR count). The Labute approximate surface area is 128 Å². The lowest BCUT2D eigenvalue weighted by molar-refractivity contribution is -0.146. The van der Waals surface area contributed by atoms with Gasteiger partial charge in [-0.15, -0.1) is 0 Å². The zero-order chi connectivity index (χ0) is 15.1. The monoisotopic (exact) mass is 317 g/mol. The highest BCUT2D eigenvalue weighted by atomic mass is 35.5. The molecule has 6 heteroatoms. The summed E-state index contributed by atoms with van der Waals surface area (Å²) in [5.74, 6) is -0.601. The van der Waals surface area contributed by atoms with Crippen molar-refractivity contribution in [2.24, 2.45) is 0 Å². The summed E-state index contributed by atoms with van der Waals surface area (Å²) >= 11 is 11.9. The van der Waals surface area contributed by atoms with Gasteiger partial charge < -0.3 is 9.64 Å². The van der Waals surface area contributed by atoms with Gasteiger partial charge in [0.25, 0.3) is 0 Å². The number of amides is 1. The maximum atomic E-state index is 12.2. The van der Waals surface area contributed by atoms with Crippen molar-refractivity contribution in [1.82, 2.24) is 4.90 Å². The van der Waals surface area contributed by atoms with Crippen LogP contribution in [-0.4, -0.2) is 37.0 Å². The summed E-state index contributed by atoms with van der Waals surface area (Å²) in [4.78, 5) is 25.0. The van der Waals surface area contributed by atoms with Gasteiger partial charge in [-0.3, -0.25) is 9.59 Å². The van der Waals surface area contributed by atoms with Gasteiger partial charge in [0.2, 0.25) is 5.91 Å². The van der Waals surface area contributed by atoms with Crippen molar-refractivity contribution in [3.8, 4) is 0 Å². The van der Waals surface area contributed by atoms with E-state index in [1.54, 1.807) is 18.2 Å². The minimum absolute atomic E-state index is 0.0472. The van der Waals surface area contributed by atoms with Gasteiger partial charge in [0.15, 0.2) is 0 Å². The molecule has 1 aromatic rings.